The molecular weight excluding hydrogens is 375 g/mol. The van der Waals surface area contributed by atoms with E-state index < -0.39 is 37.2 Å². The number of rotatable bonds is 6. The zero-order chi connectivity index (χ0) is 19.7. The van der Waals surface area contributed by atoms with Crippen molar-refractivity contribution in [3.63, 3.8) is 0 Å². The van der Waals surface area contributed by atoms with E-state index in [-0.39, 0.29) is 35.8 Å². The first-order valence-electron chi connectivity index (χ1n) is 6.52. The number of aliphatic hydroxyl groups is 6. The van der Waals surface area contributed by atoms with Crippen LogP contribution in [0.15, 0.2) is 35.5 Å². The molecule has 0 saturated carbocycles. The van der Waals surface area contributed by atoms with E-state index >= 15 is 0 Å². The summed E-state index contributed by atoms with van der Waals surface area (Å²) in [6, 6.07) is 0. The van der Waals surface area contributed by atoms with Crippen molar-refractivity contribution in [3.05, 3.63) is 35.5 Å². The van der Waals surface area contributed by atoms with Gasteiger partial charge in [0.15, 0.2) is 17.3 Å². The number of carbonyl (C=O) groups excluding carboxylic acids is 3. The maximum atomic E-state index is 10.1. The Kier molecular flexibility index (Phi) is 24.9. The fourth-order valence-electron chi connectivity index (χ4n) is 0.836. The van der Waals surface area contributed by atoms with Gasteiger partial charge in [0.2, 0.25) is 0 Å². The van der Waals surface area contributed by atoms with Crippen molar-refractivity contribution >= 4 is 17.3 Å². The first-order valence-corrected chi connectivity index (χ1v) is 6.52. The van der Waals surface area contributed by atoms with Gasteiger partial charge < -0.3 is 30.6 Å². The maximum absolute atomic E-state index is 10.1. The Labute approximate surface area is 157 Å². The molecule has 0 rings (SSSR count). The zero-order valence-corrected chi connectivity index (χ0v) is 15.6. The Morgan fingerprint density at radius 2 is 0.760 bits per heavy atom. The summed E-state index contributed by atoms with van der Waals surface area (Å²) in [7, 11) is 0. The maximum Gasteiger partial charge on any atom is 0.184 e. The average molecular weight is 399 g/mol. The summed E-state index contributed by atoms with van der Waals surface area (Å²) < 4.78 is 0. The molecule has 9 nitrogen and oxygen atoms in total. The minimum Gasteiger partial charge on any atom is -0.512 e. The van der Waals surface area contributed by atoms with Gasteiger partial charge in [-0.3, -0.25) is 14.4 Å². The summed E-state index contributed by atoms with van der Waals surface area (Å²) in [6.45, 7) is 2.47. The SMILES string of the molecule is C/C(O)=C/C(=O)CO.C/C(O)=C/C(=O)CO.C/C(O)=C/C(=O)CO.[V]. The van der Waals surface area contributed by atoms with E-state index in [1.165, 1.54) is 20.8 Å². The number of ketones is 3. The summed E-state index contributed by atoms with van der Waals surface area (Å²) in [5, 5.41) is 49.4. The molecule has 0 heterocycles. The summed E-state index contributed by atoms with van der Waals surface area (Å²) >= 11 is 0. The van der Waals surface area contributed by atoms with Crippen molar-refractivity contribution in [2.24, 2.45) is 0 Å². The summed E-state index contributed by atoms with van der Waals surface area (Å²) in [4.78, 5) is 30.4. The van der Waals surface area contributed by atoms with Crippen LogP contribution in [-0.2, 0) is 32.9 Å². The van der Waals surface area contributed by atoms with Gasteiger partial charge in [-0.25, -0.2) is 0 Å². The fourth-order valence-corrected chi connectivity index (χ4v) is 0.836. The second-order valence-corrected chi connectivity index (χ2v) is 4.23. The van der Waals surface area contributed by atoms with Crippen molar-refractivity contribution in [3.8, 4) is 0 Å². The summed E-state index contributed by atoms with van der Waals surface area (Å²) in [5.41, 5.74) is 0. The minimum absolute atomic E-state index is 0. The molecule has 0 aliphatic rings. The van der Waals surface area contributed by atoms with Crippen LogP contribution in [0.2, 0.25) is 0 Å². The van der Waals surface area contributed by atoms with E-state index in [0.717, 1.165) is 18.2 Å². The molecule has 143 valence electrons. The number of carbonyl (C=O) groups is 3. The van der Waals surface area contributed by atoms with Crippen LogP contribution in [0.4, 0.5) is 0 Å². The molecule has 0 aliphatic carbocycles. The van der Waals surface area contributed by atoms with Gasteiger partial charge in [0, 0.05) is 36.8 Å². The van der Waals surface area contributed by atoms with Crippen molar-refractivity contribution in [1.29, 1.82) is 0 Å². The van der Waals surface area contributed by atoms with Crippen LogP contribution in [0.1, 0.15) is 20.8 Å². The van der Waals surface area contributed by atoms with Gasteiger partial charge in [0.25, 0.3) is 0 Å². The van der Waals surface area contributed by atoms with E-state index in [1.807, 2.05) is 0 Å². The van der Waals surface area contributed by atoms with Gasteiger partial charge in [-0.2, -0.15) is 0 Å². The molecule has 1 radical (unpaired) electrons. The third-order valence-electron chi connectivity index (χ3n) is 1.58. The molecule has 0 aromatic heterocycles. The van der Waals surface area contributed by atoms with Crippen LogP contribution < -0.4 is 0 Å². The molecule has 0 spiro atoms. The molecule has 6 N–H and O–H groups in total. The molecule has 0 aromatic carbocycles. The van der Waals surface area contributed by atoms with Crippen LogP contribution in [0.3, 0.4) is 0 Å². The number of hydrogen-bond donors (Lipinski definition) is 6. The molecule has 0 fully saturated rings. The summed E-state index contributed by atoms with van der Waals surface area (Å²) in [6.07, 6.45) is 2.92. The monoisotopic (exact) mass is 399 g/mol. The van der Waals surface area contributed by atoms with Crippen LogP contribution in [0.25, 0.3) is 0 Å². The molecule has 0 amide bonds. The molecule has 0 aliphatic heterocycles. The van der Waals surface area contributed by atoms with Crippen LogP contribution in [-0.4, -0.2) is 67.8 Å². The Balaban J connectivity index is -0.000000130. The van der Waals surface area contributed by atoms with Crippen LogP contribution >= 0.6 is 0 Å². The van der Waals surface area contributed by atoms with Crippen molar-refractivity contribution in [2.45, 2.75) is 20.8 Å². The first kappa shape index (κ1) is 30.9. The Morgan fingerprint density at radius 3 is 0.800 bits per heavy atom. The Morgan fingerprint density at radius 1 is 0.600 bits per heavy atom. The molecular formula is C15H24O9V. The van der Waals surface area contributed by atoms with E-state index in [9.17, 15) is 14.4 Å². The zero-order valence-electron chi connectivity index (χ0n) is 14.2. The Hall–Kier alpha value is -1.91. The van der Waals surface area contributed by atoms with E-state index in [2.05, 4.69) is 0 Å². The average Bonchev–Trinajstić information content (AvgIpc) is 2.46. The largest absolute Gasteiger partial charge is 0.512 e. The molecule has 0 aromatic rings. The summed E-state index contributed by atoms with van der Waals surface area (Å²) in [5.74, 6) is -1.68. The third kappa shape index (κ3) is 34.4. The molecule has 0 saturated heterocycles. The molecule has 25 heavy (non-hydrogen) atoms. The van der Waals surface area contributed by atoms with Crippen molar-refractivity contribution < 1.29 is 63.6 Å². The van der Waals surface area contributed by atoms with Gasteiger partial charge in [-0.15, -0.1) is 0 Å². The number of hydrogen-bond acceptors (Lipinski definition) is 9. The second kappa shape index (κ2) is 20.1. The van der Waals surface area contributed by atoms with Gasteiger partial charge in [-0.05, 0) is 20.8 Å². The van der Waals surface area contributed by atoms with Gasteiger partial charge >= 0.3 is 0 Å². The van der Waals surface area contributed by atoms with Crippen LogP contribution in [0, 0.1) is 0 Å². The molecule has 0 bridgehead atoms. The van der Waals surface area contributed by atoms with Gasteiger partial charge in [0.1, 0.15) is 19.8 Å². The quantitative estimate of drug-likeness (QED) is 0.266. The minimum atomic E-state index is -0.544. The van der Waals surface area contributed by atoms with E-state index in [0.29, 0.717) is 0 Å². The third-order valence-corrected chi connectivity index (χ3v) is 1.58. The smallest absolute Gasteiger partial charge is 0.184 e. The standard InChI is InChI=1S/3C5H8O3.V/c3*1-4(7)2-5(8)3-6;/h3*2,6-7H,3H2,1H3;/b3*4-2-;. The van der Waals surface area contributed by atoms with Gasteiger partial charge in [0.05, 0.1) is 17.3 Å². The van der Waals surface area contributed by atoms with Gasteiger partial charge in [-0.1, -0.05) is 0 Å². The van der Waals surface area contributed by atoms with Crippen LogP contribution in [0.5, 0.6) is 0 Å². The predicted molar refractivity (Wildman–Crippen MR) is 85.4 cm³/mol. The molecule has 0 unspecified atom stereocenters. The van der Waals surface area contributed by atoms with E-state index in [1.54, 1.807) is 0 Å². The first-order chi connectivity index (χ1) is 11.0. The number of aliphatic hydroxyl groups excluding tert-OH is 6. The topological polar surface area (TPSA) is 173 Å². The predicted octanol–water partition coefficient (Wildman–Crippen LogP) is 0.0263. The molecule has 0 atom stereocenters. The Bertz CT molecular complexity index is 410. The molecule has 10 heteroatoms. The normalized spacial score (nSPS) is 11.0. The van der Waals surface area contributed by atoms with E-state index in [4.69, 9.17) is 30.6 Å². The van der Waals surface area contributed by atoms with Crippen molar-refractivity contribution in [1.82, 2.24) is 0 Å². The van der Waals surface area contributed by atoms with Crippen molar-refractivity contribution in [2.75, 3.05) is 19.8 Å². The second-order valence-electron chi connectivity index (χ2n) is 4.23. The fraction of sp³-hybridized carbons (Fsp3) is 0.400. The number of allylic oxidation sites excluding steroid dienone is 3.